The number of nitrogens with two attached hydrogens (primary N) is 1. The van der Waals surface area contributed by atoms with Crippen LogP contribution in [0.1, 0.15) is 0 Å². The maximum atomic E-state index is 5.62. The maximum Gasteiger partial charge on any atom is 0.233 e. The Morgan fingerprint density at radius 2 is 1.88 bits per heavy atom. The van der Waals surface area contributed by atoms with Crippen LogP contribution in [0.25, 0.3) is 11.3 Å². The minimum Gasteiger partial charge on any atom is -0.480 e. The van der Waals surface area contributed by atoms with E-state index in [9.17, 15) is 0 Å². The highest BCUT2D eigenvalue weighted by Gasteiger charge is 2.12. The molecule has 82 valence electrons. The molecule has 0 aliphatic carbocycles. The van der Waals surface area contributed by atoms with Gasteiger partial charge in [0, 0.05) is 5.56 Å². The molecule has 4 nitrogen and oxygen atoms in total. The summed E-state index contributed by atoms with van der Waals surface area (Å²) in [4.78, 5) is 8.17. The van der Waals surface area contributed by atoms with Crippen LogP contribution in [-0.4, -0.2) is 17.1 Å². The smallest absolute Gasteiger partial charge is 0.233 e. The molecule has 0 saturated carbocycles. The lowest BCUT2D eigenvalue weighted by atomic mass is 10.1. The predicted octanol–water partition coefficient (Wildman–Crippen LogP) is 2.50. The number of ether oxygens (including phenoxy) is 1. The summed E-state index contributed by atoms with van der Waals surface area (Å²) in [5, 5.41) is 0. The van der Waals surface area contributed by atoms with Crippen LogP contribution in [0, 0.1) is 0 Å². The molecule has 0 aliphatic rings. The van der Waals surface area contributed by atoms with Gasteiger partial charge in [-0.05, 0) is 15.9 Å². The molecule has 16 heavy (non-hydrogen) atoms. The summed E-state index contributed by atoms with van der Waals surface area (Å²) >= 11 is 3.41. The van der Waals surface area contributed by atoms with E-state index in [2.05, 4.69) is 25.9 Å². The molecule has 0 fully saturated rings. The maximum absolute atomic E-state index is 5.62. The number of aromatic nitrogens is 2. The number of nitrogen functional groups attached to an aromatic ring is 1. The second-order valence-corrected chi connectivity index (χ2v) is 3.91. The molecule has 0 radical (unpaired) electrons. The van der Waals surface area contributed by atoms with Gasteiger partial charge in [-0.2, -0.15) is 4.98 Å². The van der Waals surface area contributed by atoms with Gasteiger partial charge in [-0.15, -0.1) is 0 Å². The zero-order valence-corrected chi connectivity index (χ0v) is 10.2. The molecule has 0 saturated heterocycles. The summed E-state index contributed by atoms with van der Waals surface area (Å²) < 4.78 is 5.81. The number of hydrogen-bond donors (Lipinski definition) is 1. The third-order valence-corrected chi connectivity index (χ3v) is 2.79. The van der Waals surface area contributed by atoms with Crippen molar-refractivity contribution in [3.8, 4) is 17.1 Å². The first-order chi connectivity index (χ1) is 7.72. The van der Waals surface area contributed by atoms with Crippen molar-refractivity contribution in [3.63, 3.8) is 0 Å². The van der Waals surface area contributed by atoms with Crippen LogP contribution in [0.3, 0.4) is 0 Å². The summed E-state index contributed by atoms with van der Waals surface area (Å²) in [5.74, 6) is 0.630. The van der Waals surface area contributed by atoms with Gasteiger partial charge < -0.3 is 10.5 Å². The zero-order valence-electron chi connectivity index (χ0n) is 8.64. The standard InChI is InChI=1S/C11H10BrN3O/c1-16-10-8(12)9(14-11(13)15-10)7-5-3-2-4-6-7/h2-6H,1H3,(H2,13,14,15). The predicted molar refractivity (Wildman–Crippen MR) is 66.1 cm³/mol. The Kier molecular flexibility index (Phi) is 3.05. The van der Waals surface area contributed by atoms with Crippen molar-refractivity contribution in [2.75, 3.05) is 12.8 Å². The van der Waals surface area contributed by atoms with Crippen molar-refractivity contribution in [1.82, 2.24) is 9.97 Å². The number of hydrogen-bond acceptors (Lipinski definition) is 4. The summed E-state index contributed by atoms with van der Waals surface area (Å²) in [6, 6.07) is 9.72. The fraction of sp³-hybridized carbons (Fsp3) is 0.0909. The first-order valence-electron chi connectivity index (χ1n) is 4.65. The summed E-state index contributed by atoms with van der Waals surface area (Å²) in [6.07, 6.45) is 0. The summed E-state index contributed by atoms with van der Waals surface area (Å²) in [6.45, 7) is 0. The first kappa shape index (κ1) is 10.9. The fourth-order valence-corrected chi connectivity index (χ4v) is 1.93. The first-order valence-corrected chi connectivity index (χ1v) is 5.44. The SMILES string of the molecule is COc1nc(N)nc(-c2ccccc2)c1Br. The molecule has 0 spiro atoms. The third kappa shape index (κ3) is 1.99. The van der Waals surface area contributed by atoms with Crippen LogP contribution in [0.4, 0.5) is 5.95 Å². The normalized spacial score (nSPS) is 10.1. The molecule has 2 N–H and O–H groups in total. The molecule has 2 aromatic rings. The van der Waals surface area contributed by atoms with Crippen molar-refractivity contribution in [3.05, 3.63) is 34.8 Å². The van der Waals surface area contributed by atoms with Crippen molar-refractivity contribution < 1.29 is 4.74 Å². The van der Waals surface area contributed by atoms with E-state index in [1.807, 2.05) is 30.3 Å². The molecule has 0 atom stereocenters. The average Bonchev–Trinajstić information content (AvgIpc) is 2.33. The Hall–Kier alpha value is -1.62. The molecule has 0 amide bonds. The van der Waals surface area contributed by atoms with Crippen LogP contribution in [0.5, 0.6) is 5.88 Å². The second-order valence-electron chi connectivity index (χ2n) is 3.12. The number of halogens is 1. The minimum absolute atomic E-state index is 0.193. The van der Waals surface area contributed by atoms with E-state index < -0.39 is 0 Å². The molecule has 0 bridgehead atoms. The fourth-order valence-electron chi connectivity index (χ4n) is 1.37. The number of benzene rings is 1. The monoisotopic (exact) mass is 279 g/mol. The van der Waals surface area contributed by atoms with Gasteiger partial charge >= 0.3 is 0 Å². The van der Waals surface area contributed by atoms with Gasteiger partial charge in [0.1, 0.15) is 4.47 Å². The van der Waals surface area contributed by atoms with Crippen LogP contribution >= 0.6 is 15.9 Å². The van der Waals surface area contributed by atoms with Crippen LogP contribution < -0.4 is 10.5 Å². The average molecular weight is 280 g/mol. The topological polar surface area (TPSA) is 61.0 Å². The van der Waals surface area contributed by atoms with Crippen LogP contribution in [0.2, 0.25) is 0 Å². The van der Waals surface area contributed by atoms with Gasteiger partial charge in [0.15, 0.2) is 0 Å². The van der Waals surface area contributed by atoms with E-state index in [-0.39, 0.29) is 5.95 Å². The molecule has 1 heterocycles. The largest absolute Gasteiger partial charge is 0.480 e. The molecular formula is C11H10BrN3O. The number of anilines is 1. The second kappa shape index (κ2) is 4.49. The number of nitrogens with zero attached hydrogens (tertiary/aromatic N) is 2. The summed E-state index contributed by atoms with van der Waals surface area (Å²) in [7, 11) is 1.54. The molecule has 1 aromatic carbocycles. The van der Waals surface area contributed by atoms with E-state index in [0.717, 1.165) is 11.3 Å². The Bertz CT molecular complexity index is 502. The molecule has 0 unspecified atom stereocenters. The molecule has 0 aliphatic heterocycles. The van der Waals surface area contributed by atoms with E-state index in [1.54, 1.807) is 7.11 Å². The lowest BCUT2D eigenvalue weighted by molar-refractivity contribution is 0.395. The van der Waals surface area contributed by atoms with Crippen molar-refractivity contribution in [2.45, 2.75) is 0 Å². The van der Waals surface area contributed by atoms with Crippen LogP contribution in [0.15, 0.2) is 34.8 Å². The van der Waals surface area contributed by atoms with Crippen LogP contribution in [-0.2, 0) is 0 Å². The Labute approximate surface area is 102 Å². The number of rotatable bonds is 2. The van der Waals surface area contributed by atoms with E-state index >= 15 is 0 Å². The van der Waals surface area contributed by atoms with Gasteiger partial charge in [-0.3, -0.25) is 0 Å². The number of methoxy groups -OCH3 is 1. The van der Waals surface area contributed by atoms with Crippen molar-refractivity contribution in [2.24, 2.45) is 0 Å². The minimum atomic E-state index is 0.193. The molecule has 1 aromatic heterocycles. The van der Waals surface area contributed by atoms with E-state index in [0.29, 0.717) is 10.4 Å². The lowest BCUT2D eigenvalue weighted by Gasteiger charge is -2.08. The quantitative estimate of drug-likeness (QED) is 0.918. The highest BCUT2D eigenvalue weighted by molar-refractivity contribution is 9.10. The summed E-state index contributed by atoms with van der Waals surface area (Å²) in [5.41, 5.74) is 7.30. The Morgan fingerprint density at radius 1 is 1.19 bits per heavy atom. The van der Waals surface area contributed by atoms with Gasteiger partial charge in [0.05, 0.1) is 12.8 Å². The van der Waals surface area contributed by atoms with E-state index in [4.69, 9.17) is 10.5 Å². The molecule has 2 rings (SSSR count). The van der Waals surface area contributed by atoms with Gasteiger partial charge in [0.2, 0.25) is 11.8 Å². The van der Waals surface area contributed by atoms with Gasteiger partial charge in [-0.1, -0.05) is 30.3 Å². The highest BCUT2D eigenvalue weighted by atomic mass is 79.9. The van der Waals surface area contributed by atoms with Crippen molar-refractivity contribution in [1.29, 1.82) is 0 Å². The highest BCUT2D eigenvalue weighted by Crippen LogP contribution is 2.32. The Balaban J connectivity index is 2.61. The zero-order chi connectivity index (χ0) is 11.5. The lowest BCUT2D eigenvalue weighted by Crippen LogP contribution is -2.00. The van der Waals surface area contributed by atoms with E-state index in [1.165, 1.54) is 0 Å². The molecular weight excluding hydrogens is 270 g/mol. The van der Waals surface area contributed by atoms with Gasteiger partial charge in [0.25, 0.3) is 0 Å². The Morgan fingerprint density at radius 3 is 2.50 bits per heavy atom. The third-order valence-electron chi connectivity index (χ3n) is 2.08. The van der Waals surface area contributed by atoms with Crippen molar-refractivity contribution >= 4 is 21.9 Å². The van der Waals surface area contributed by atoms with Gasteiger partial charge in [-0.25, -0.2) is 4.98 Å². The molecule has 5 heteroatoms.